The molecule has 1 aromatic carbocycles. The predicted octanol–water partition coefficient (Wildman–Crippen LogP) is 2.87. The van der Waals surface area contributed by atoms with Gasteiger partial charge in [0, 0.05) is 34.8 Å². The summed E-state index contributed by atoms with van der Waals surface area (Å²) in [5, 5.41) is 7.30. The first kappa shape index (κ1) is 14.7. The van der Waals surface area contributed by atoms with Gasteiger partial charge in [-0.25, -0.2) is 4.98 Å². The Morgan fingerprint density at radius 1 is 1.35 bits per heavy atom. The number of thiazole rings is 1. The van der Waals surface area contributed by atoms with Crippen molar-refractivity contribution >= 4 is 17.2 Å². The average Bonchev–Trinajstić information content (AvgIpc) is 3.25. The Morgan fingerprint density at radius 2 is 2.17 bits per heavy atom. The monoisotopic (exact) mass is 329 g/mol. The Kier molecular flexibility index (Phi) is 3.79. The third kappa shape index (κ3) is 3.09. The SMILES string of the molecule is Cc1cnc(Oc2ccc(C(=O)N[C@@H]3C[C@H]4CC[C@@H]3N4)cc2)s1. The molecule has 2 fully saturated rings. The van der Waals surface area contributed by atoms with E-state index >= 15 is 0 Å². The quantitative estimate of drug-likeness (QED) is 0.905. The van der Waals surface area contributed by atoms with Gasteiger partial charge in [-0.15, -0.1) is 0 Å². The maximum Gasteiger partial charge on any atom is 0.278 e. The molecule has 2 saturated heterocycles. The lowest BCUT2D eigenvalue weighted by Crippen LogP contribution is -2.42. The van der Waals surface area contributed by atoms with Crippen LogP contribution < -0.4 is 15.4 Å². The van der Waals surface area contributed by atoms with E-state index in [4.69, 9.17) is 4.74 Å². The molecular formula is C17H19N3O2S. The lowest BCUT2D eigenvalue weighted by Gasteiger charge is -2.21. The molecule has 2 aromatic rings. The standard InChI is InChI=1S/C17H19N3O2S/c1-10-9-18-17(23-10)22-13-5-2-11(3-6-13)16(21)20-15-8-12-4-7-14(15)19-12/h2-3,5-6,9,12,14-15,19H,4,7-8H2,1H3,(H,20,21)/t12-,14+,15-/m1/s1. The number of hydrogen-bond acceptors (Lipinski definition) is 5. The van der Waals surface area contributed by atoms with Crippen LogP contribution in [0.5, 0.6) is 10.9 Å². The van der Waals surface area contributed by atoms with E-state index in [2.05, 4.69) is 15.6 Å². The predicted molar refractivity (Wildman–Crippen MR) is 89.2 cm³/mol. The van der Waals surface area contributed by atoms with Crippen molar-refractivity contribution in [2.24, 2.45) is 0 Å². The van der Waals surface area contributed by atoms with Gasteiger partial charge in [0.2, 0.25) is 0 Å². The van der Waals surface area contributed by atoms with Crippen molar-refractivity contribution in [1.29, 1.82) is 0 Å². The molecule has 0 unspecified atom stereocenters. The van der Waals surface area contributed by atoms with Crippen molar-refractivity contribution in [2.75, 3.05) is 0 Å². The van der Waals surface area contributed by atoms with Gasteiger partial charge >= 0.3 is 0 Å². The molecule has 2 aliphatic heterocycles. The molecule has 0 radical (unpaired) electrons. The first-order valence-electron chi connectivity index (χ1n) is 7.94. The summed E-state index contributed by atoms with van der Waals surface area (Å²) < 4.78 is 5.67. The summed E-state index contributed by atoms with van der Waals surface area (Å²) in [5.41, 5.74) is 0.662. The van der Waals surface area contributed by atoms with Gasteiger partial charge in [0.05, 0.1) is 0 Å². The van der Waals surface area contributed by atoms with Crippen molar-refractivity contribution in [3.05, 3.63) is 40.9 Å². The molecule has 0 spiro atoms. The second-order valence-electron chi connectivity index (χ2n) is 6.23. The third-order valence-corrected chi connectivity index (χ3v) is 5.33. The van der Waals surface area contributed by atoms with Crippen molar-refractivity contribution in [2.45, 2.75) is 44.3 Å². The number of ether oxygens (including phenoxy) is 1. The van der Waals surface area contributed by atoms with Crippen LogP contribution in [0.15, 0.2) is 30.5 Å². The van der Waals surface area contributed by atoms with Crippen LogP contribution >= 0.6 is 11.3 Å². The Balaban J connectivity index is 1.38. The van der Waals surface area contributed by atoms with Crippen LogP contribution in [0.2, 0.25) is 0 Å². The largest absolute Gasteiger partial charge is 0.431 e. The Hall–Kier alpha value is -1.92. The molecule has 6 heteroatoms. The van der Waals surface area contributed by atoms with E-state index in [0.29, 0.717) is 28.6 Å². The third-order valence-electron chi connectivity index (χ3n) is 4.54. The summed E-state index contributed by atoms with van der Waals surface area (Å²) in [7, 11) is 0. The molecular weight excluding hydrogens is 310 g/mol. The summed E-state index contributed by atoms with van der Waals surface area (Å²) in [6.07, 6.45) is 5.22. The van der Waals surface area contributed by atoms with Crippen LogP contribution in [0, 0.1) is 6.92 Å². The van der Waals surface area contributed by atoms with Gasteiger partial charge in [-0.05, 0) is 50.5 Å². The van der Waals surface area contributed by atoms with Crippen LogP contribution in [0.1, 0.15) is 34.5 Å². The Bertz CT molecular complexity index is 713. The van der Waals surface area contributed by atoms with Gasteiger partial charge in [-0.3, -0.25) is 4.79 Å². The van der Waals surface area contributed by atoms with Gasteiger partial charge in [0.25, 0.3) is 11.1 Å². The first-order chi connectivity index (χ1) is 11.2. The minimum absolute atomic E-state index is 0.0130. The molecule has 2 bridgehead atoms. The lowest BCUT2D eigenvalue weighted by atomic mass is 9.95. The molecule has 1 aromatic heterocycles. The van der Waals surface area contributed by atoms with Crippen LogP contribution in [0.25, 0.3) is 0 Å². The highest BCUT2D eigenvalue weighted by Gasteiger charge is 2.39. The van der Waals surface area contributed by atoms with E-state index in [9.17, 15) is 4.79 Å². The molecule has 0 saturated carbocycles. The molecule has 120 valence electrons. The maximum atomic E-state index is 12.4. The zero-order valence-electron chi connectivity index (χ0n) is 12.9. The molecule has 5 nitrogen and oxygen atoms in total. The zero-order valence-corrected chi connectivity index (χ0v) is 13.7. The van der Waals surface area contributed by atoms with Gasteiger partial charge in [-0.2, -0.15) is 0 Å². The van der Waals surface area contributed by atoms with Crippen LogP contribution in [-0.4, -0.2) is 29.0 Å². The van der Waals surface area contributed by atoms with Gasteiger partial charge in [0.1, 0.15) is 5.75 Å². The fraction of sp³-hybridized carbons (Fsp3) is 0.412. The van der Waals surface area contributed by atoms with Crippen molar-refractivity contribution in [3.63, 3.8) is 0 Å². The van der Waals surface area contributed by atoms with Crippen LogP contribution in [-0.2, 0) is 0 Å². The van der Waals surface area contributed by atoms with E-state index in [0.717, 1.165) is 17.7 Å². The lowest BCUT2D eigenvalue weighted by molar-refractivity contribution is 0.0931. The fourth-order valence-corrected chi connectivity index (χ4v) is 4.02. The topological polar surface area (TPSA) is 63.2 Å². The highest BCUT2D eigenvalue weighted by atomic mass is 32.1. The first-order valence-corrected chi connectivity index (χ1v) is 8.76. The molecule has 2 N–H and O–H groups in total. The number of aryl methyl sites for hydroxylation is 1. The minimum Gasteiger partial charge on any atom is -0.431 e. The molecule has 4 rings (SSSR count). The number of carbonyl (C=O) groups excluding carboxylic acids is 1. The number of fused-ring (bicyclic) bond motifs is 2. The highest BCUT2D eigenvalue weighted by Crippen LogP contribution is 2.29. The number of carbonyl (C=O) groups is 1. The molecule has 23 heavy (non-hydrogen) atoms. The Morgan fingerprint density at radius 3 is 2.78 bits per heavy atom. The smallest absolute Gasteiger partial charge is 0.278 e. The molecule has 3 atom stereocenters. The summed E-state index contributed by atoms with van der Waals surface area (Å²) >= 11 is 1.50. The summed E-state index contributed by atoms with van der Waals surface area (Å²) in [5.74, 6) is 0.679. The minimum atomic E-state index is -0.0130. The average molecular weight is 329 g/mol. The van der Waals surface area contributed by atoms with Gasteiger partial charge in [0.15, 0.2) is 0 Å². The van der Waals surface area contributed by atoms with Crippen LogP contribution in [0.4, 0.5) is 0 Å². The zero-order chi connectivity index (χ0) is 15.8. The van der Waals surface area contributed by atoms with Gasteiger partial charge in [-0.1, -0.05) is 11.3 Å². The molecule has 2 aliphatic rings. The number of hydrogen-bond donors (Lipinski definition) is 2. The van der Waals surface area contributed by atoms with Crippen molar-refractivity contribution < 1.29 is 9.53 Å². The van der Waals surface area contributed by atoms with E-state index in [1.165, 1.54) is 17.8 Å². The number of nitrogens with zero attached hydrogens (tertiary/aromatic N) is 1. The molecule has 1 amide bonds. The molecule has 0 aliphatic carbocycles. The summed E-state index contributed by atoms with van der Waals surface area (Å²) in [4.78, 5) is 17.6. The number of amides is 1. The summed E-state index contributed by atoms with van der Waals surface area (Å²) in [6.45, 7) is 1.99. The van der Waals surface area contributed by atoms with Crippen molar-refractivity contribution in [1.82, 2.24) is 15.6 Å². The van der Waals surface area contributed by atoms with E-state index < -0.39 is 0 Å². The van der Waals surface area contributed by atoms with E-state index in [-0.39, 0.29) is 11.9 Å². The number of aromatic nitrogens is 1. The van der Waals surface area contributed by atoms with E-state index in [1.807, 2.05) is 19.1 Å². The number of rotatable bonds is 4. The van der Waals surface area contributed by atoms with Crippen molar-refractivity contribution in [3.8, 4) is 10.9 Å². The molecule has 3 heterocycles. The second kappa shape index (κ2) is 5.94. The number of benzene rings is 1. The van der Waals surface area contributed by atoms with Gasteiger partial charge < -0.3 is 15.4 Å². The second-order valence-corrected chi connectivity index (χ2v) is 7.42. The maximum absolute atomic E-state index is 12.4. The van der Waals surface area contributed by atoms with Crippen LogP contribution in [0.3, 0.4) is 0 Å². The normalized spacial score (nSPS) is 25.5. The summed E-state index contributed by atoms with van der Waals surface area (Å²) in [6, 6.07) is 8.51. The highest BCUT2D eigenvalue weighted by molar-refractivity contribution is 7.13. The van der Waals surface area contributed by atoms with E-state index in [1.54, 1.807) is 18.3 Å². The Labute approximate surface area is 139 Å². The number of nitrogens with one attached hydrogen (secondary N) is 2. The fourth-order valence-electron chi connectivity index (χ4n) is 3.39.